The van der Waals surface area contributed by atoms with Gasteiger partial charge in [0, 0.05) is 17.9 Å². The quantitative estimate of drug-likeness (QED) is 0.774. The van der Waals surface area contributed by atoms with Gasteiger partial charge in [-0.15, -0.1) is 0 Å². The minimum Gasteiger partial charge on any atom is -0.399 e. The highest BCUT2D eigenvalue weighted by Crippen LogP contribution is 2.31. The molecule has 0 spiro atoms. The number of hydrogen-bond acceptors (Lipinski definition) is 2. The molecule has 4 nitrogen and oxygen atoms in total. The predicted octanol–water partition coefficient (Wildman–Crippen LogP) is 4.17. The van der Waals surface area contributed by atoms with Gasteiger partial charge in [0.2, 0.25) is 0 Å². The van der Waals surface area contributed by atoms with Crippen LogP contribution >= 0.6 is 23.2 Å². The number of hydrogen-bond donors (Lipinski definition) is 2. The molecule has 3 N–H and O–H groups in total. The van der Waals surface area contributed by atoms with Crippen LogP contribution in [0, 0.1) is 0 Å². The van der Waals surface area contributed by atoms with Gasteiger partial charge in [0.25, 0.3) is 0 Å². The summed E-state index contributed by atoms with van der Waals surface area (Å²) in [4.78, 5) is 14.1. The minimum atomic E-state index is -0.210. The fourth-order valence-corrected chi connectivity index (χ4v) is 2.67. The summed E-state index contributed by atoms with van der Waals surface area (Å²) >= 11 is 11.8. The van der Waals surface area contributed by atoms with E-state index in [4.69, 9.17) is 28.9 Å². The Labute approximate surface area is 132 Å². The lowest BCUT2D eigenvalue weighted by Gasteiger charge is -2.18. The van der Waals surface area contributed by atoms with Crippen LogP contribution in [0.1, 0.15) is 5.56 Å². The normalized spacial score (nSPS) is 13.1. The average molecular weight is 322 g/mol. The van der Waals surface area contributed by atoms with Crippen LogP contribution < -0.4 is 16.0 Å². The molecule has 0 unspecified atom stereocenters. The minimum absolute atomic E-state index is 0.210. The number of urea groups is 1. The van der Waals surface area contributed by atoms with Gasteiger partial charge in [0.15, 0.2) is 0 Å². The SMILES string of the molecule is Nc1ccc2c(c1)N(C(=O)Nc1ccc(Cl)c(Cl)c1)CC2. The van der Waals surface area contributed by atoms with E-state index in [1.165, 1.54) is 0 Å². The zero-order chi connectivity index (χ0) is 15.0. The van der Waals surface area contributed by atoms with Crippen molar-refractivity contribution >= 4 is 46.3 Å². The Morgan fingerprint density at radius 2 is 1.95 bits per heavy atom. The Morgan fingerprint density at radius 3 is 2.71 bits per heavy atom. The van der Waals surface area contributed by atoms with Crippen molar-refractivity contribution in [3.63, 3.8) is 0 Å². The highest BCUT2D eigenvalue weighted by molar-refractivity contribution is 6.42. The molecule has 0 saturated carbocycles. The molecule has 0 saturated heterocycles. The number of nitrogens with zero attached hydrogens (tertiary/aromatic N) is 1. The van der Waals surface area contributed by atoms with Gasteiger partial charge in [0.05, 0.1) is 15.7 Å². The van der Waals surface area contributed by atoms with Crippen molar-refractivity contribution in [3.8, 4) is 0 Å². The van der Waals surface area contributed by atoms with E-state index in [1.807, 2.05) is 18.2 Å². The van der Waals surface area contributed by atoms with Gasteiger partial charge in [-0.05, 0) is 42.3 Å². The number of anilines is 3. The van der Waals surface area contributed by atoms with Crippen LogP contribution in [-0.2, 0) is 6.42 Å². The maximum Gasteiger partial charge on any atom is 0.326 e. The Morgan fingerprint density at radius 1 is 1.14 bits per heavy atom. The molecular weight excluding hydrogens is 309 g/mol. The predicted molar refractivity (Wildman–Crippen MR) is 87.4 cm³/mol. The van der Waals surface area contributed by atoms with Crippen LogP contribution in [0.5, 0.6) is 0 Å². The number of nitrogens with two attached hydrogens (primary N) is 1. The Hall–Kier alpha value is -1.91. The van der Waals surface area contributed by atoms with Crippen molar-refractivity contribution in [2.45, 2.75) is 6.42 Å². The summed E-state index contributed by atoms with van der Waals surface area (Å²) in [6, 6.07) is 10.4. The number of fused-ring (bicyclic) bond motifs is 1. The second-order valence-electron chi connectivity index (χ2n) is 4.85. The molecule has 2 aromatic rings. The lowest BCUT2D eigenvalue weighted by atomic mass is 10.1. The third-order valence-corrected chi connectivity index (χ3v) is 4.16. The van der Waals surface area contributed by atoms with Crippen molar-refractivity contribution < 1.29 is 4.79 Å². The zero-order valence-corrected chi connectivity index (χ0v) is 12.6. The molecule has 1 aliphatic rings. The van der Waals surface area contributed by atoms with Crippen molar-refractivity contribution in [2.75, 3.05) is 22.5 Å². The molecule has 1 aliphatic heterocycles. The summed E-state index contributed by atoms with van der Waals surface area (Å²) < 4.78 is 0. The van der Waals surface area contributed by atoms with Crippen molar-refractivity contribution in [1.29, 1.82) is 0 Å². The first-order valence-corrected chi connectivity index (χ1v) is 7.22. The monoisotopic (exact) mass is 321 g/mol. The number of amides is 2. The third kappa shape index (κ3) is 2.77. The van der Waals surface area contributed by atoms with E-state index in [1.54, 1.807) is 23.1 Å². The number of rotatable bonds is 1. The van der Waals surface area contributed by atoms with Crippen LogP contribution in [0.4, 0.5) is 21.9 Å². The zero-order valence-electron chi connectivity index (χ0n) is 11.1. The molecule has 6 heteroatoms. The summed E-state index contributed by atoms with van der Waals surface area (Å²) in [5.74, 6) is 0. The molecule has 1 heterocycles. The van der Waals surface area contributed by atoms with E-state index in [0.717, 1.165) is 17.7 Å². The molecule has 108 valence electrons. The third-order valence-electron chi connectivity index (χ3n) is 3.42. The molecular formula is C15H13Cl2N3O. The van der Waals surface area contributed by atoms with E-state index in [2.05, 4.69) is 5.32 Å². The van der Waals surface area contributed by atoms with Gasteiger partial charge in [0.1, 0.15) is 0 Å². The summed E-state index contributed by atoms with van der Waals surface area (Å²) in [5, 5.41) is 3.67. The first-order chi connectivity index (χ1) is 10.0. The van der Waals surface area contributed by atoms with E-state index >= 15 is 0 Å². The highest BCUT2D eigenvalue weighted by Gasteiger charge is 2.24. The van der Waals surface area contributed by atoms with Crippen LogP contribution in [0.25, 0.3) is 0 Å². The molecule has 0 radical (unpaired) electrons. The van der Waals surface area contributed by atoms with Gasteiger partial charge in [-0.25, -0.2) is 4.79 Å². The highest BCUT2D eigenvalue weighted by atomic mass is 35.5. The largest absolute Gasteiger partial charge is 0.399 e. The number of carbonyl (C=O) groups excluding carboxylic acids is 1. The molecule has 3 rings (SSSR count). The van der Waals surface area contributed by atoms with Crippen LogP contribution in [0.15, 0.2) is 36.4 Å². The van der Waals surface area contributed by atoms with Gasteiger partial charge in [-0.3, -0.25) is 4.90 Å². The van der Waals surface area contributed by atoms with Crippen molar-refractivity contribution in [3.05, 3.63) is 52.0 Å². The number of nitrogen functional groups attached to an aromatic ring is 1. The van der Waals surface area contributed by atoms with Gasteiger partial charge < -0.3 is 11.1 Å². The number of nitrogens with one attached hydrogen (secondary N) is 1. The van der Waals surface area contributed by atoms with Crippen LogP contribution in [-0.4, -0.2) is 12.6 Å². The lowest BCUT2D eigenvalue weighted by Crippen LogP contribution is -2.33. The lowest BCUT2D eigenvalue weighted by molar-refractivity contribution is 0.257. The smallest absolute Gasteiger partial charge is 0.326 e. The van der Waals surface area contributed by atoms with Crippen molar-refractivity contribution in [2.24, 2.45) is 0 Å². The van der Waals surface area contributed by atoms with Crippen LogP contribution in [0.2, 0.25) is 10.0 Å². The molecule has 0 aromatic heterocycles. The molecule has 21 heavy (non-hydrogen) atoms. The summed E-state index contributed by atoms with van der Waals surface area (Å²) in [7, 11) is 0. The average Bonchev–Trinajstić information content (AvgIpc) is 2.86. The topological polar surface area (TPSA) is 58.4 Å². The fourth-order valence-electron chi connectivity index (χ4n) is 2.37. The van der Waals surface area contributed by atoms with Gasteiger partial charge in [-0.2, -0.15) is 0 Å². The second kappa shape index (κ2) is 5.47. The Kier molecular flexibility index (Phi) is 3.66. The Bertz CT molecular complexity index is 718. The molecule has 0 fully saturated rings. The first-order valence-electron chi connectivity index (χ1n) is 6.46. The Balaban J connectivity index is 1.81. The van der Waals surface area contributed by atoms with Crippen molar-refractivity contribution in [1.82, 2.24) is 0 Å². The van der Waals surface area contributed by atoms with E-state index in [9.17, 15) is 4.79 Å². The van der Waals surface area contributed by atoms with E-state index in [-0.39, 0.29) is 6.03 Å². The number of benzene rings is 2. The fraction of sp³-hybridized carbons (Fsp3) is 0.133. The molecule has 2 amide bonds. The van der Waals surface area contributed by atoms with Gasteiger partial charge in [-0.1, -0.05) is 29.3 Å². The maximum atomic E-state index is 12.4. The van der Waals surface area contributed by atoms with E-state index < -0.39 is 0 Å². The first kappa shape index (κ1) is 14.0. The maximum absolute atomic E-state index is 12.4. The summed E-state index contributed by atoms with van der Waals surface area (Å²) in [5.41, 5.74) is 9.01. The van der Waals surface area contributed by atoms with Gasteiger partial charge >= 0.3 is 6.03 Å². The summed E-state index contributed by atoms with van der Waals surface area (Å²) in [6.07, 6.45) is 0.824. The molecule has 2 aromatic carbocycles. The van der Waals surface area contributed by atoms with Crippen LogP contribution in [0.3, 0.4) is 0 Å². The molecule has 0 aliphatic carbocycles. The standard InChI is InChI=1S/C15H13Cl2N3O/c16-12-4-3-11(8-13(12)17)19-15(21)20-6-5-9-1-2-10(18)7-14(9)20/h1-4,7-8H,5-6,18H2,(H,19,21). The summed E-state index contributed by atoms with van der Waals surface area (Å²) in [6.45, 7) is 0.631. The second-order valence-corrected chi connectivity index (χ2v) is 5.66. The molecule has 0 bridgehead atoms. The number of carbonyl (C=O) groups is 1. The molecule has 0 atom stereocenters. The number of halogens is 2. The van der Waals surface area contributed by atoms with E-state index in [0.29, 0.717) is 28.0 Å².